The van der Waals surface area contributed by atoms with Gasteiger partial charge in [-0.05, 0) is 25.3 Å². The summed E-state index contributed by atoms with van der Waals surface area (Å²) in [6.45, 7) is 7.00. The van der Waals surface area contributed by atoms with Crippen LogP contribution in [-0.4, -0.2) is 12.9 Å². The number of allylic oxidation sites excluding steroid dienone is 1. The van der Waals surface area contributed by atoms with Gasteiger partial charge >= 0.3 is 0 Å². The fourth-order valence-corrected chi connectivity index (χ4v) is 1.12. The molecule has 0 saturated carbocycles. The molecule has 0 aromatic heterocycles. The minimum absolute atomic E-state index is 0.0151. The van der Waals surface area contributed by atoms with Gasteiger partial charge in [0.25, 0.3) is 0 Å². The molecule has 64 valence electrons. The lowest BCUT2D eigenvalue weighted by molar-refractivity contribution is -0.119. The number of rotatable bonds is 2. The van der Waals surface area contributed by atoms with E-state index in [0.29, 0.717) is 5.92 Å². The van der Waals surface area contributed by atoms with Crippen LogP contribution in [0.5, 0.6) is 0 Å². The van der Waals surface area contributed by atoms with Crippen LogP contribution in [0.2, 0.25) is 0 Å². The molecule has 0 aromatic carbocycles. The van der Waals surface area contributed by atoms with E-state index in [9.17, 15) is 0 Å². The highest BCUT2D eigenvalue weighted by Crippen LogP contribution is 2.23. The molecular weight excluding hydrogens is 140 g/mol. The molecule has 0 unspecified atom stereocenters. The maximum absolute atomic E-state index is 5.33. The van der Waals surface area contributed by atoms with E-state index < -0.39 is 0 Å². The van der Waals surface area contributed by atoms with Gasteiger partial charge in [0.05, 0.1) is 6.26 Å². The summed E-state index contributed by atoms with van der Waals surface area (Å²) in [6, 6.07) is 0. The van der Waals surface area contributed by atoms with E-state index in [-0.39, 0.29) is 6.29 Å². The average molecular weight is 156 g/mol. The molecule has 1 aliphatic rings. The first-order chi connectivity index (χ1) is 5.24. The summed E-state index contributed by atoms with van der Waals surface area (Å²) in [5.74, 6) is 0.597. The third-order valence-corrected chi connectivity index (χ3v) is 2.08. The van der Waals surface area contributed by atoms with Crippen LogP contribution in [-0.2, 0) is 9.47 Å². The number of hydrogen-bond acceptors (Lipinski definition) is 2. The van der Waals surface area contributed by atoms with Crippen LogP contribution < -0.4 is 0 Å². The fourth-order valence-electron chi connectivity index (χ4n) is 1.12. The van der Waals surface area contributed by atoms with E-state index in [1.54, 1.807) is 0 Å². The molecule has 0 N–H and O–H groups in total. The second kappa shape index (κ2) is 3.77. The first-order valence-corrected chi connectivity index (χ1v) is 4.17. The van der Waals surface area contributed by atoms with E-state index in [1.807, 2.05) is 13.2 Å². The van der Waals surface area contributed by atoms with E-state index >= 15 is 0 Å². The molecule has 1 rings (SSSR count). The van der Waals surface area contributed by atoms with Gasteiger partial charge in [0.15, 0.2) is 6.29 Å². The van der Waals surface area contributed by atoms with Crippen LogP contribution >= 0.6 is 0 Å². The lowest BCUT2D eigenvalue weighted by Gasteiger charge is -2.25. The summed E-state index contributed by atoms with van der Waals surface area (Å²) in [5.41, 5.74) is 1.31. The fraction of sp³-hybridized carbons (Fsp3) is 0.778. The molecule has 0 saturated heterocycles. The Labute approximate surface area is 68.2 Å². The van der Waals surface area contributed by atoms with Crippen LogP contribution in [0.15, 0.2) is 11.8 Å². The monoisotopic (exact) mass is 156 g/mol. The number of hydrogen-bond donors (Lipinski definition) is 0. The number of ether oxygens (including phenoxy) is 2. The zero-order valence-electron chi connectivity index (χ0n) is 7.46. The minimum Gasteiger partial charge on any atom is -0.473 e. The Balaban J connectivity index is 2.42. The molecule has 2 atom stereocenters. The van der Waals surface area contributed by atoms with Crippen LogP contribution in [0.25, 0.3) is 0 Å². The van der Waals surface area contributed by atoms with Crippen LogP contribution in [0.4, 0.5) is 0 Å². The molecule has 1 aliphatic heterocycles. The predicted molar refractivity (Wildman–Crippen MR) is 44.0 cm³/mol. The summed E-state index contributed by atoms with van der Waals surface area (Å²) in [7, 11) is 0. The van der Waals surface area contributed by atoms with E-state index in [1.165, 1.54) is 5.57 Å². The molecule has 0 fully saturated rings. The Hall–Kier alpha value is -0.500. The van der Waals surface area contributed by atoms with Gasteiger partial charge in [-0.25, -0.2) is 0 Å². The van der Waals surface area contributed by atoms with Gasteiger partial charge in [-0.1, -0.05) is 6.92 Å². The molecule has 0 radical (unpaired) electrons. The lowest BCUT2D eigenvalue weighted by atomic mass is 9.98. The van der Waals surface area contributed by atoms with Crippen molar-refractivity contribution in [3.63, 3.8) is 0 Å². The van der Waals surface area contributed by atoms with Crippen molar-refractivity contribution in [2.75, 3.05) is 6.61 Å². The van der Waals surface area contributed by atoms with E-state index in [0.717, 1.165) is 13.0 Å². The third-order valence-electron chi connectivity index (χ3n) is 2.08. The second-order valence-electron chi connectivity index (χ2n) is 3.02. The lowest BCUT2D eigenvalue weighted by Crippen LogP contribution is -2.22. The Morgan fingerprint density at radius 3 is 3.00 bits per heavy atom. The highest BCUT2D eigenvalue weighted by molar-refractivity contribution is 5.01. The molecule has 2 heteroatoms. The first-order valence-electron chi connectivity index (χ1n) is 4.17. The summed E-state index contributed by atoms with van der Waals surface area (Å²) in [6.07, 6.45) is 2.78. The molecule has 0 spiro atoms. The van der Waals surface area contributed by atoms with Gasteiger partial charge in [0.1, 0.15) is 0 Å². The van der Waals surface area contributed by atoms with Crippen molar-refractivity contribution >= 4 is 0 Å². The van der Waals surface area contributed by atoms with Crippen LogP contribution in [0.3, 0.4) is 0 Å². The highest BCUT2D eigenvalue weighted by Gasteiger charge is 2.19. The molecule has 11 heavy (non-hydrogen) atoms. The Kier molecular flexibility index (Phi) is 2.94. The van der Waals surface area contributed by atoms with E-state index in [4.69, 9.17) is 9.47 Å². The molecule has 1 heterocycles. The maximum atomic E-state index is 5.33. The Morgan fingerprint density at radius 1 is 1.73 bits per heavy atom. The van der Waals surface area contributed by atoms with Crippen molar-refractivity contribution in [1.29, 1.82) is 0 Å². The smallest absolute Gasteiger partial charge is 0.199 e. The van der Waals surface area contributed by atoms with Gasteiger partial charge in [0.2, 0.25) is 0 Å². The summed E-state index contributed by atoms with van der Waals surface area (Å²) in [5, 5.41) is 0. The van der Waals surface area contributed by atoms with Gasteiger partial charge in [-0.15, -0.1) is 0 Å². The van der Waals surface area contributed by atoms with Crippen molar-refractivity contribution in [3.8, 4) is 0 Å². The molecule has 0 aromatic rings. The molecule has 2 nitrogen and oxygen atoms in total. The summed E-state index contributed by atoms with van der Waals surface area (Å²) < 4.78 is 10.7. The maximum Gasteiger partial charge on any atom is 0.199 e. The van der Waals surface area contributed by atoms with Gasteiger partial charge in [-0.2, -0.15) is 0 Å². The SMILES string of the molecule is CCO[C@@H]1C[C@H](C)C(C)=CO1. The predicted octanol–water partition coefficient (Wildman–Crippen LogP) is 2.31. The third kappa shape index (κ3) is 2.22. The van der Waals surface area contributed by atoms with Crippen molar-refractivity contribution in [2.24, 2.45) is 5.92 Å². The van der Waals surface area contributed by atoms with Gasteiger partial charge in [-0.3, -0.25) is 0 Å². The van der Waals surface area contributed by atoms with Crippen molar-refractivity contribution in [2.45, 2.75) is 33.5 Å². The zero-order valence-corrected chi connectivity index (χ0v) is 7.46. The largest absolute Gasteiger partial charge is 0.473 e. The van der Waals surface area contributed by atoms with Gasteiger partial charge in [0, 0.05) is 13.0 Å². The van der Waals surface area contributed by atoms with Crippen LogP contribution in [0.1, 0.15) is 27.2 Å². The van der Waals surface area contributed by atoms with Gasteiger partial charge < -0.3 is 9.47 Å². The van der Waals surface area contributed by atoms with Crippen molar-refractivity contribution in [3.05, 3.63) is 11.8 Å². The second-order valence-corrected chi connectivity index (χ2v) is 3.02. The average Bonchev–Trinajstić information content (AvgIpc) is 1.98. The summed E-state index contributed by atoms with van der Waals surface area (Å²) in [4.78, 5) is 0. The van der Waals surface area contributed by atoms with Crippen LogP contribution in [0, 0.1) is 5.92 Å². The summed E-state index contributed by atoms with van der Waals surface area (Å²) >= 11 is 0. The first kappa shape index (κ1) is 8.60. The minimum atomic E-state index is -0.0151. The molecule has 0 amide bonds. The Morgan fingerprint density at radius 2 is 2.45 bits per heavy atom. The normalized spacial score (nSPS) is 31.0. The molecule has 0 bridgehead atoms. The zero-order chi connectivity index (χ0) is 8.27. The standard InChI is InChI=1S/C9H16O2/c1-4-10-9-5-7(2)8(3)6-11-9/h6-7,9H,4-5H2,1-3H3/t7-,9-/m0/s1. The molecule has 0 aliphatic carbocycles. The Bertz CT molecular complexity index is 152. The van der Waals surface area contributed by atoms with Crippen molar-refractivity contribution < 1.29 is 9.47 Å². The topological polar surface area (TPSA) is 18.5 Å². The van der Waals surface area contributed by atoms with Crippen molar-refractivity contribution in [1.82, 2.24) is 0 Å². The highest BCUT2D eigenvalue weighted by atomic mass is 16.7. The quantitative estimate of drug-likeness (QED) is 0.610. The van der Waals surface area contributed by atoms with E-state index in [2.05, 4.69) is 13.8 Å². The molecular formula is C9H16O2.